The molecule has 1 amide bonds. The summed E-state index contributed by atoms with van der Waals surface area (Å²) < 4.78 is 5.13. The van der Waals surface area contributed by atoms with Crippen LogP contribution < -0.4 is 10.2 Å². The second kappa shape index (κ2) is 8.49. The third-order valence-corrected chi connectivity index (χ3v) is 4.86. The minimum absolute atomic E-state index is 0.157. The van der Waals surface area contributed by atoms with Gasteiger partial charge in [0, 0.05) is 16.5 Å². The van der Waals surface area contributed by atoms with E-state index in [0.29, 0.717) is 0 Å². The van der Waals surface area contributed by atoms with Crippen molar-refractivity contribution >= 4 is 34.3 Å². The molecule has 0 bridgehead atoms. The lowest BCUT2D eigenvalue weighted by Gasteiger charge is -2.06. The molecule has 3 rings (SSSR count). The van der Waals surface area contributed by atoms with Crippen LogP contribution in [-0.4, -0.2) is 29.5 Å². The van der Waals surface area contributed by atoms with Crippen molar-refractivity contribution < 1.29 is 9.53 Å². The van der Waals surface area contributed by atoms with E-state index in [1.807, 2.05) is 61.5 Å². The lowest BCUT2D eigenvalue weighted by Crippen LogP contribution is -2.21. The molecule has 1 aromatic heterocycles. The molecule has 5 nitrogen and oxygen atoms in total. The number of amides is 1. The Bertz CT molecular complexity index is 934. The zero-order chi connectivity index (χ0) is 18.4. The molecule has 0 aliphatic heterocycles. The van der Waals surface area contributed by atoms with Crippen LogP contribution >= 0.6 is 11.8 Å². The summed E-state index contributed by atoms with van der Waals surface area (Å²) in [6, 6.07) is 17.4. The summed E-state index contributed by atoms with van der Waals surface area (Å²) in [5, 5.41) is 5.23. The van der Waals surface area contributed by atoms with Crippen molar-refractivity contribution in [3.8, 4) is 5.75 Å². The van der Waals surface area contributed by atoms with E-state index in [1.54, 1.807) is 13.3 Å². The van der Waals surface area contributed by atoms with E-state index in [9.17, 15) is 4.79 Å². The highest BCUT2D eigenvalue weighted by Gasteiger charge is 2.06. The Labute approximate surface area is 156 Å². The van der Waals surface area contributed by atoms with Crippen molar-refractivity contribution in [2.24, 2.45) is 5.10 Å². The molecule has 1 heterocycles. The van der Waals surface area contributed by atoms with Crippen LogP contribution in [0.1, 0.15) is 12.5 Å². The van der Waals surface area contributed by atoms with Crippen LogP contribution in [0.3, 0.4) is 0 Å². The molecule has 0 unspecified atom stereocenters. The highest BCUT2D eigenvalue weighted by Crippen LogP contribution is 2.25. The number of para-hydroxylation sites is 1. The topological polar surface area (TPSA) is 63.6 Å². The summed E-state index contributed by atoms with van der Waals surface area (Å²) in [6.45, 7) is 1.85. The third kappa shape index (κ3) is 4.40. The fraction of sp³-hybridized carbons (Fsp3) is 0.150. The second-order valence-electron chi connectivity index (χ2n) is 5.58. The standard InChI is InChI=1S/C20H19N3O2S/c1-14(15-8-10-17(25-2)11-9-15)22-23-19(24)13-26-18-7-3-5-16-6-4-12-21-20(16)18/h3-12H,13H2,1-2H3,(H,23,24)/b22-14-. The van der Waals surface area contributed by atoms with E-state index < -0.39 is 0 Å². The molecule has 132 valence electrons. The first kappa shape index (κ1) is 17.9. The molecule has 6 heteroatoms. The summed E-state index contributed by atoms with van der Waals surface area (Å²) in [4.78, 5) is 17.5. The number of nitrogens with one attached hydrogen (secondary N) is 1. The van der Waals surface area contributed by atoms with E-state index in [4.69, 9.17) is 4.74 Å². The zero-order valence-corrected chi connectivity index (χ0v) is 15.4. The number of carbonyl (C=O) groups is 1. The molecule has 0 aliphatic carbocycles. The van der Waals surface area contributed by atoms with Crippen molar-refractivity contribution in [3.63, 3.8) is 0 Å². The monoisotopic (exact) mass is 365 g/mol. The maximum atomic E-state index is 12.1. The maximum Gasteiger partial charge on any atom is 0.250 e. The third-order valence-electron chi connectivity index (χ3n) is 3.81. The highest BCUT2D eigenvalue weighted by atomic mass is 32.2. The van der Waals surface area contributed by atoms with Gasteiger partial charge in [-0.1, -0.05) is 18.2 Å². The number of hydrogen-bond acceptors (Lipinski definition) is 5. The van der Waals surface area contributed by atoms with E-state index in [0.717, 1.165) is 32.8 Å². The normalized spacial score (nSPS) is 11.4. The Morgan fingerprint density at radius 1 is 1.15 bits per heavy atom. The average Bonchev–Trinajstić information content (AvgIpc) is 2.70. The molecule has 0 saturated heterocycles. The van der Waals surface area contributed by atoms with Crippen molar-refractivity contribution in [2.45, 2.75) is 11.8 Å². The number of carbonyl (C=O) groups excluding carboxylic acids is 1. The fourth-order valence-electron chi connectivity index (χ4n) is 2.41. The van der Waals surface area contributed by atoms with Gasteiger partial charge in [0.2, 0.25) is 5.91 Å². The maximum absolute atomic E-state index is 12.1. The van der Waals surface area contributed by atoms with Crippen LogP contribution in [0.5, 0.6) is 5.75 Å². The van der Waals surface area contributed by atoms with Gasteiger partial charge in [0.25, 0.3) is 0 Å². The van der Waals surface area contributed by atoms with Gasteiger partial charge in [0.15, 0.2) is 0 Å². The molecular weight excluding hydrogens is 346 g/mol. The Kier molecular flexibility index (Phi) is 5.86. The van der Waals surface area contributed by atoms with Crippen LogP contribution in [0.4, 0.5) is 0 Å². The van der Waals surface area contributed by atoms with Gasteiger partial charge in [-0.25, -0.2) is 5.43 Å². The van der Waals surface area contributed by atoms with Crippen LogP contribution in [0.25, 0.3) is 10.9 Å². The molecule has 0 atom stereocenters. The summed E-state index contributed by atoms with van der Waals surface area (Å²) in [6.07, 6.45) is 1.76. The number of rotatable bonds is 6. The number of hydrazone groups is 1. The second-order valence-corrected chi connectivity index (χ2v) is 6.60. The minimum Gasteiger partial charge on any atom is -0.497 e. The first-order chi connectivity index (χ1) is 12.7. The van der Waals surface area contributed by atoms with Crippen LogP contribution in [-0.2, 0) is 4.79 Å². The van der Waals surface area contributed by atoms with Gasteiger partial charge in [0.1, 0.15) is 5.75 Å². The highest BCUT2D eigenvalue weighted by molar-refractivity contribution is 8.00. The van der Waals surface area contributed by atoms with Crippen molar-refractivity contribution in [1.29, 1.82) is 0 Å². The SMILES string of the molecule is COc1ccc(/C(C)=N\NC(=O)CSc2cccc3cccnc23)cc1. The minimum atomic E-state index is -0.157. The molecule has 0 radical (unpaired) electrons. The van der Waals surface area contributed by atoms with Gasteiger partial charge in [-0.2, -0.15) is 5.10 Å². The molecule has 0 aliphatic rings. The molecule has 3 aromatic rings. The number of nitrogens with zero attached hydrogens (tertiary/aromatic N) is 2. The van der Waals surface area contributed by atoms with Crippen molar-refractivity contribution in [2.75, 3.05) is 12.9 Å². The van der Waals surface area contributed by atoms with E-state index in [2.05, 4.69) is 15.5 Å². The number of ether oxygens (including phenoxy) is 1. The molecule has 2 aromatic carbocycles. The summed E-state index contributed by atoms with van der Waals surface area (Å²) in [5.74, 6) is 0.899. The van der Waals surface area contributed by atoms with E-state index >= 15 is 0 Å². The Hall–Kier alpha value is -2.86. The van der Waals surface area contributed by atoms with Gasteiger partial charge >= 0.3 is 0 Å². The summed E-state index contributed by atoms with van der Waals surface area (Å²) >= 11 is 1.45. The summed E-state index contributed by atoms with van der Waals surface area (Å²) in [7, 11) is 1.62. The van der Waals surface area contributed by atoms with Gasteiger partial charge in [-0.05, 0) is 48.9 Å². The van der Waals surface area contributed by atoms with E-state index in [1.165, 1.54) is 11.8 Å². The van der Waals surface area contributed by atoms with Gasteiger partial charge in [0.05, 0.1) is 24.1 Å². The molecule has 26 heavy (non-hydrogen) atoms. The van der Waals surface area contributed by atoms with Crippen LogP contribution in [0.15, 0.2) is 70.8 Å². The van der Waals surface area contributed by atoms with Crippen molar-refractivity contribution in [3.05, 3.63) is 66.4 Å². The van der Waals surface area contributed by atoms with Gasteiger partial charge in [-0.3, -0.25) is 9.78 Å². The molecule has 0 spiro atoms. The summed E-state index contributed by atoms with van der Waals surface area (Å²) in [5.41, 5.74) is 5.17. The first-order valence-corrected chi connectivity index (χ1v) is 9.10. The van der Waals surface area contributed by atoms with E-state index in [-0.39, 0.29) is 11.7 Å². The predicted molar refractivity (Wildman–Crippen MR) is 106 cm³/mol. The van der Waals surface area contributed by atoms with Crippen LogP contribution in [0.2, 0.25) is 0 Å². The number of thioether (sulfide) groups is 1. The van der Waals surface area contributed by atoms with Crippen LogP contribution in [0, 0.1) is 0 Å². The largest absolute Gasteiger partial charge is 0.497 e. The van der Waals surface area contributed by atoms with Crippen molar-refractivity contribution in [1.82, 2.24) is 10.4 Å². The number of hydrogen-bond donors (Lipinski definition) is 1. The van der Waals surface area contributed by atoms with Gasteiger partial charge < -0.3 is 4.74 Å². The van der Waals surface area contributed by atoms with Gasteiger partial charge in [-0.15, -0.1) is 11.8 Å². The quantitative estimate of drug-likeness (QED) is 0.409. The molecule has 0 fully saturated rings. The zero-order valence-electron chi connectivity index (χ0n) is 14.6. The fourth-order valence-corrected chi connectivity index (χ4v) is 3.24. The number of methoxy groups -OCH3 is 1. The lowest BCUT2D eigenvalue weighted by atomic mass is 10.1. The Morgan fingerprint density at radius 2 is 1.92 bits per heavy atom. The molecular formula is C20H19N3O2S. The average molecular weight is 365 g/mol. The lowest BCUT2D eigenvalue weighted by molar-refractivity contribution is -0.118. The smallest absolute Gasteiger partial charge is 0.250 e. The first-order valence-electron chi connectivity index (χ1n) is 8.11. The Balaban J connectivity index is 1.59. The number of pyridine rings is 1. The molecule has 0 saturated carbocycles. The number of fused-ring (bicyclic) bond motifs is 1. The number of benzene rings is 2. The molecule has 1 N–H and O–H groups in total. The predicted octanol–water partition coefficient (Wildman–Crippen LogP) is 3.88. The Morgan fingerprint density at radius 3 is 2.69 bits per heavy atom. The number of aromatic nitrogens is 1.